The van der Waals surface area contributed by atoms with Crippen LogP contribution >= 0.6 is 0 Å². The maximum absolute atomic E-state index is 13.1. The van der Waals surface area contributed by atoms with E-state index in [-0.39, 0.29) is 25.6 Å². The molecule has 0 aromatic heterocycles. The van der Waals surface area contributed by atoms with Crippen molar-refractivity contribution in [2.75, 3.05) is 33.0 Å². The molecule has 11 unspecified atom stereocenters. The number of carbonyl (C=O) groups is 1. The number of aliphatic hydroxyl groups excluding tert-OH is 7. The van der Waals surface area contributed by atoms with Crippen molar-refractivity contribution >= 4 is 5.97 Å². The van der Waals surface area contributed by atoms with E-state index in [0.717, 1.165) is 64.2 Å². The quantitative estimate of drug-likeness (QED) is 0.0172. The molecule has 14 heteroatoms. The van der Waals surface area contributed by atoms with Gasteiger partial charge in [-0.05, 0) is 77.0 Å². The van der Waals surface area contributed by atoms with Crippen LogP contribution in [0.1, 0.15) is 226 Å². The first-order chi connectivity index (χ1) is 36.1. The van der Waals surface area contributed by atoms with E-state index in [1.165, 1.54) is 135 Å². The molecule has 2 aliphatic rings. The molecule has 0 bridgehead atoms. The lowest BCUT2D eigenvalue weighted by Gasteiger charge is -2.42. The van der Waals surface area contributed by atoms with Crippen LogP contribution in [-0.4, -0.2) is 142 Å². The average Bonchev–Trinajstić information content (AvgIpc) is 3.40. The van der Waals surface area contributed by atoms with E-state index in [1.54, 1.807) is 0 Å². The van der Waals surface area contributed by atoms with Gasteiger partial charge in [0.05, 0.1) is 26.4 Å². The first-order valence-electron chi connectivity index (χ1n) is 29.7. The Kier molecular flexibility index (Phi) is 43.2. The summed E-state index contributed by atoms with van der Waals surface area (Å²) in [6.45, 7) is 3.67. The molecule has 2 aliphatic heterocycles. The van der Waals surface area contributed by atoms with Crippen LogP contribution in [-0.2, 0) is 33.2 Å². The van der Waals surface area contributed by atoms with Crippen LogP contribution in [0.2, 0.25) is 0 Å². The predicted octanol–water partition coefficient (Wildman–Crippen LogP) is 10.7. The van der Waals surface area contributed by atoms with Gasteiger partial charge in [0.1, 0.15) is 54.9 Å². The van der Waals surface area contributed by atoms with Crippen molar-refractivity contribution in [3.63, 3.8) is 0 Å². The lowest BCUT2D eigenvalue weighted by molar-refractivity contribution is -0.332. The van der Waals surface area contributed by atoms with Crippen molar-refractivity contribution in [1.82, 2.24) is 0 Å². The smallest absolute Gasteiger partial charge is 0.306 e. The molecule has 0 spiro atoms. The van der Waals surface area contributed by atoms with E-state index in [2.05, 4.69) is 62.5 Å². The molecule has 11 atom stereocenters. The van der Waals surface area contributed by atoms with Gasteiger partial charge in [0.2, 0.25) is 0 Å². The molecule has 7 N–H and O–H groups in total. The van der Waals surface area contributed by atoms with Crippen molar-refractivity contribution in [3.8, 4) is 0 Å². The number of hydrogen-bond acceptors (Lipinski definition) is 14. The van der Waals surface area contributed by atoms with Gasteiger partial charge in [-0.25, -0.2) is 0 Å². The standard InChI is InChI=1S/C60H108O14/c1-3-5-7-9-11-13-15-17-19-21-23-24-25-27-29-31-33-35-37-39-41-43-52(62)72-49(46-69-44-42-40-38-36-34-32-30-28-26-22-20-18-16-14-12-10-8-6-4-2)47-70-59-58(68)56(66)54(64)51(74-59)48-71-60-57(67)55(65)53(63)50(45-61)73-60/h14-17,20-23,49-51,53-61,63-68H,3-13,18-19,24-48H2,1-2H3/b16-14-,17-15-,22-20-,23-21-. The van der Waals surface area contributed by atoms with Gasteiger partial charge in [-0.2, -0.15) is 0 Å². The van der Waals surface area contributed by atoms with E-state index < -0.39 is 80.7 Å². The van der Waals surface area contributed by atoms with E-state index in [0.29, 0.717) is 13.0 Å². The molecule has 14 nitrogen and oxygen atoms in total. The Morgan fingerprint density at radius 1 is 0.446 bits per heavy atom. The number of allylic oxidation sites excluding steroid dienone is 8. The highest BCUT2D eigenvalue weighted by Gasteiger charge is 2.47. The Morgan fingerprint density at radius 2 is 0.838 bits per heavy atom. The average molecular weight is 1050 g/mol. The minimum absolute atomic E-state index is 0.0557. The maximum atomic E-state index is 13.1. The lowest BCUT2D eigenvalue weighted by Crippen LogP contribution is -2.61. The Balaban J connectivity index is 1.72. The third-order valence-electron chi connectivity index (χ3n) is 14.1. The van der Waals surface area contributed by atoms with Crippen LogP contribution in [0.4, 0.5) is 0 Å². The Labute approximate surface area is 448 Å². The van der Waals surface area contributed by atoms with E-state index in [1.807, 2.05) is 0 Å². The molecule has 0 aliphatic carbocycles. The van der Waals surface area contributed by atoms with Crippen molar-refractivity contribution in [1.29, 1.82) is 0 Å². The van der Waals surface area contributed by atoms with Gasteiger partial charge >= 0.3 is 5.97 Å². The van der Waals surface area contributed by atoms with Crippen LogP contribution in [0.3, 0.4) is 0 Å². The third-order valence-corrected chi connectivity index (χ3v) is 14.1. The zero-order valence-electron chi connectivity index (χ0n) is 46.3. The summed E-state index contributed by atoms with van der Waals surface area (Å²) in [7, 11) is 0. The largest absolute Gasteiger partial charge is 0.457 e. The normalized spacial score (nSPS) is 25.1. The molecule has 0 radical (unpaired) electrons. The van der Waals surface area contributed by atoms with Gasteiger partial charge in [-0.3, -0.25) is 4.79 Å². The summed E-state index contributed by atoms with van der Waals surface area (Å²) in [6, 6.07) is 0. The van der Waals surface area contributed by atoms with E-state index in [4.69, 9.17) is 28.4 Å². The second-order valence-electron chi connectivity index (χ2n) is 20.8. The van der Waals surface area contributed by atoms with Crippen LogP contribution in [0.25, 0.3) is 0 Å². The van der Waals surface area contributed by atoms with E-state index >= 15 is 0 Å². The number of ether oxygens (including phenoxy) is 6. The fraction of sp³-hybridized carbons (Fsp3) is 0.850. The lowest BCUT2D eigenvalue weighted by atomic mass is 9.98. The van der Waals surface area contributed by atoms with Gasteiger partial charge < -0.3 is 64.2 Å². The third kappa shape index (κ3) is 33.3. The fourth-order valence-electron chi connectivity index (χ4n) is 9.23. The Hall–Kier alpha value is -2.05. The van der Waals surface area contributed by atoms with Gasteiger partial charge in [0.25, 0.3) is 0 Å². The second-order valence-corrected chi connectivity index (χ2v) is 20.8. The zero-order chi connectivity index (χ0) is 53.7. The number of hydrogen-bond donors (Lipinski definition) is 7. The van der Waals surface area contributed by atoms with Crippen molar-refractivity contribution in [3.05, 3.63) is 48.6 Å². The molecule has 0 amide bonds. The van der Waals surface area contributed by atoms with Gasteiger partial charge in [0.15, 0.2) is 12.6 Å². The summed E-state index contributed by atoms with van der Waals surface area (Å²) in [5.74, 6) is -0.381. The summed E-state index contributed by atoms with van der Waals surface area (Å²) in [6.07, 6.45) is 40.2. The van der Waals surface area contributed by atoms with Crippen molar-refractivity contribution in [2.24, 2.45) is 0 Å². The molecular weight excluding hydrogens is 945 g/mol. The number of carbonyl (C=O) groups excluding carboxylic acids is 1. The Morgan fingerprint density at radius 3 is 1.31 bits per heavy atom. The van der Waals surface area contributed by atoms with Crippen LogP contribution in [0, 0.1) is 0 Å². The van der Waals surface area contributed by atoms with Gasteiger partial charge in [-0.15, -0.1) is 0 Å². The summed E-state index contributed by atoms with van der Waals surface area (Å²) >= 11 is 0. The topological polar surface area (TPSA) is 214 Å². The highest BCUT2D eigenvalue weighted by Crippen LogP contribution is 2.27. The maximum Gasteiger partial charge on any atom is 0.306 e. The van der Waals surface area contributed by atoms with Crippen LogP contribution < -0.4 is 0 Å². The predicted molar refractivity (Wildman–Crippen MR) is 293 cm³/mol. The first kappa shape index (κ1) is 68.1. The van der Waals surface area contributed by atoms with Gasteiger partial charge in [-0.1, -0.05) is 191 Å². The molecule has 0 saturated carbocycles. The molecule has 0 aromatic rings. The molecule has 74 heavy (non-hydrogen) atoms. The molecule has 432 valence electrons. The molecule has 2 rings (SSSR count). The molecule has 0 aromatic carbocycles. The minimum Gasteiger partial charge on any atom is -0.457 e. The summed E-state index contributed by atoms with van der Waals surface area (Å²) < 4.78 is 34.4. The van der Waals surface area contributed by atoms with Crippen molar-refractivity contribution < 1.29 is 69.0 Å². The van der Waals surface area contributed by atoms with Crippen LogP contribution in [0.15, 0.2) is 48.6 Å². The molecule has 2 saturated heterocycles. The highest BCUT2D eigenvalue weighted by atomic mass is 16.7. The number of unbranched alkanes of at least 4 members (excludes halogenated alkanes) is 26. The minimum atomic E-state index is -1.71. The fourth-order valence-corrected chi connectivity index (χ4v) is 9.23. The van der Waals surface area contributed by atoms with Crippen molar-refractivity contribution in [2.45, 2.75) is 293 Å². The van der Waals surface area contributed by atoms with E-state index in [9.17, 15) is 40.5 Å². The molecule has 2 fully saturated rings. The first-order valence-corrected chi connectivity index (χ1v) is 29.7. The molecular formula is C60H108O14. The summed E-state index contributed by atoms with van der Waals surface area (Å²) in [4.78, 5) is 13.1. The van der Waals surface area contributed by atoms with Crippen LogP contribution in [0.5, 0.6) is 0 Å². The molecule has 2 heterocycles. The highest BCUT2D eigenvalue weighted by molar-refractivity contribution is 5.69. The second kappa shape index (κ2) is 47.0. The number of rotatable bonds is 48. The monoisotopic (exact) mass is 1050 g/mol. The Bertz CT molecular complexity index is 1410. The summed E-state index contributed by atoms with van der Waals surface area (Å²) in [5.41, 5.74) is 0. The number of aliphatic hydroxyl groups is 7. The summed E-state index contributed by atoms with van der Waals surface area (Å²) in [5, 5.41) is 72.4. The number of esters is 1. The SMILES string of the molecule is CCCCCC/C=C\C/C=C\CCCCCCCCCCOCC(COC1OC(COC2OC(CO)C(O)C(O)C2O)C(O)C(O)C1O)OC(=O)CCCCCCCCCCC/C=C\C/C=C\CCCCCCC. The van der Waals surface area contributed by atoms with Gasteiger partial charge in [0, 0.05) is 13.0 Å². The zero-order valence-corrected chi connectivity index (χ0v) is 46.3.